The first-order valence-electron chi connectivity index (χ1n) is 13.0. The topological polar surface area (TPSA) is 66.4 Å². The minimum absolute atomic E-state index is 0.244. The third-order valence-corrected chi connectivity index (χ3v) is 5.53. The van der Waals surface area contributed by atoms with Crippen LogP contribution in [0.3, 0.4) is 0 Å². The van der Waals surface area contributed by atoms with Gasteiger partial charge in [-0.05, 0) is 18.4 Å². The molecule has 1 rings (SSSR count). The first-order chi connectivity index (χ1) is 17.1. The Hall–Kier alpha value is -3.14. The molecule has 0 aromatic heterocycles. The number of nitrogens with one attached hydrogen (secondary N) is 1. The molecule has 1 amide bonds. The quantitative estimate of drug-likeness (QED) is 0.123. The van der Waals surface area contributed by atoms with Crippen molar-refractivity contribution in [3.8, 4) is 0 Å². The van der Waals surface area contributed by atoms with Crippen LogP contribution in [0.1, 0.15) is 76.7 Å². The summed E-state index contributed by atoms with van der Waals surface area (Å²) in [5, 5.41) is 11.9. The minimum atomic E-state index is -1.05. The average molecular weight is 478 g/mol. The summed E-state index contributed by atoms with van der Waals surface area (Å²) >= 11 is 0. The molecule has 35 heavy (non-hydrogen) atoms. The first kappa shape index (κ1) is 29.9. The molecule has 0 spiro atoms. The van der Waals surface area contributed by atoms with Crippen molar-refractivity contribution in [2.75, 3.05) is 0 Å². The van der Waals surface area contributed by atoms with Crippen LogP contribution in [0.25, 0.3) is 0 Å². The SMILES string of the molecule is CCCCCCCCCCCC=CC=CC=CC=CC=CC(=O)NC(Cc1ccccc1)C(=O)O. The highest BCUT2D eigenvalue weighted by molar-refractivity contribution is 5.91. The van der Waals surface area contributed by atoms with E-state index < -0.39 is 17.9 Å². The van der Waals surface area contributed by atoms with Crippen LogP contribution in [0, 0.1) is 0 Å². The first-order valence-corrected chi connectivity index (χ1v) is 13.0. The summed E-state index contributed by atoms with van der Waals surface area (Å²) in [6.45, 7) is 2.26. The molecular formula is C31H43NO3. The van der Waals surface area contributed by atoms with Crippen molar-refractivity contribution < 1.29 is 14.7 Å². The fourth-order valence-corrected chi connectivity index (χ4v) is 3.55. The van der Waals surface area contributed by atoms with E-state index in [4.69, 9.17) is 0 Å². The van der Waals surface area contributed by atoms with Crippen LogP contribution in [0.5, 0.6) is 0 Å². The average Bonchev–Trinajstić information content (AvgIpc) is 2.85. The summed E-state index contributed by atoms with van der Waals surface area (Å²) < 4.78 is 0. The maximum atomic E-state index is 12.0. The van der Waals surface area contributed by atoms with Gasteiger partial charge in [0.15, 0.2) is 0 Å². The van der Waals surface area contributed by atoms with Gasteiger partial charge in [0.1, 0.15) is 6.04 Å². The van der Waals surface area contributed by atoms with Crippen molar-refractivity contribution in [1.29, 1.82) is 0 Å². The lowest BCUT2D eigenvalue weighted by Crippen LogP contribution is -2.41. The smallest absolute Gasteiger partial charge is 0.326 e. The van der Waals surface area contributed by atoms with Crippen LogP contribution in [-0.4, -0.2) is 23.0 Å². The van der Waals surface area contributed by atoms with Crippen molar-refractivity contribution in [2.45, 2.75) is 83.6 Å². The molecule has 0 heterocycles. The Morgan fingerprint density at radius 1 is 0.771 bits per heavy atom. The van der Waals surface area contributed by atoms with E-state index in [-0.39, 0.29) is 6.42 Å². The summed E-state index contributed by atoms with van der Waals surface area (Å²) in [6, 6.07) is 8.28. The molecule has 0 radical (unpaired) electrons. The largest absolute Gasteiger partial charge is 0.480 e. The second-order valence-corrected chi connectivity index (χ2v) is 8.65. The minimum Gasteiger partial charge on any atom is -0.480 e. The Labute approximate surface area is 212 Å². The third-order valence-electron chi connectivity index (χ3n) is 5.53. The fraction of sp³-hybridized carbons (Fsp3) is 0.419. The lowest BCUT2D eigenvalue weighted by Gasteiger charge is -2.13. The predicted octanol–water partition coefficient (Wildman–Crippen LogP) is 7.50. The fourth-order valence-electron chi connectivity index (χ4n) is 3.55. The lowest BCUT2D eigenvalue weighted by atomic mass is 10.1. The molecule has 0 saturated carbocycles. The number of carboxylic acid groups (broad SMARTS) is 1. The predicted molar refractivity (Wildman–Crippen MR) is 147 cm³/mol. The molecule has 0 aliphatic carbocycles. The van der Waals surface area contributed by atoms with Gasteiger partial charge in [-0.3, -0.25) is 4.79 Å². The highest BCUT2D eigenvalue weighted by Gasteiger charge is 2.19. The highest BCUT2D eigenvalue weighted by Crippen LogP contribution is 2.10. The molecule has 0 aliphatic heterocycles. The van der Waals surface area contributed by atoms with Gasteiger partial charge < -0.3 is 10.4 Å². The maximum Gasteiger partial charge on any atom is 0.326 e. The van der Waals surface area contributed by atoms with E-state index in [9.17, 15) is 14.7 Å². The molecule has 2 N–H and O–H groups in total. The number of amides is 1. The molecule has 4 nitrogen and oxygen atoms in total. The van der Waals surface area contributed by atoms with E-state index >= 15 is 0 Å². The van der Waals surface area contributed by atoms with Gasteiger partial charge >= 0.3 is 5.97 Å². The van der Waals surface area contributed by atoms with Crippen molar-refractivity contribution in [2.24, 2.45) is 0 Å². The number of carboxylic acids is 1. The zero-order chi connectivity index (χ0) is 25.4. The van der Waals surface area contributed by atoms with E-state index in [1.165, 1.54) is 63.9 Å². The number of benzene rings is 1. The summed E-state index contributed by atoms with van der Waals surface area (Å²) in [5.74, 6) is -1.48. The molecule has 0 saturated heterocycles. The van der Waals surface area contributed by atoms with Gasteiger partial charge in [-0.1, -0.05) is 143 Å². The Morgan fingerprint density at radius 3 is 1.91 bits per heavy atom. The molecule has 1 unspecified atom stereocenters. The maximum absolute atomic E-state index is 12.0. The summed E-state index contributed by atoms with van der Waals surface area (Å²) in [4.78, 5) is 23.4. The number of hydrogen-bond donors (Lipinski definition) is 2. The van der Waals surface area contributed by atoms with Gasteiger partial charge in [0.2, 0.25) is 5.91 Å². The third kappa shape index (κ3) is 17.9. The number of carbonyl (C=O) groups is 2. The normalized spacial score (nSPS) is 13.1. The van der Waals surface area contributed by atoms with Crippen molar-refractivity contribution in [3.63, 3.8) is 0 Å². The van der Waals surface area contributed by atoms with Gasteiger partial charge in [-0.2, -0.15) is 0 Å². The van der Waals surface area contributed by atoms with E-state index in [0.29, 0.717) is 0 Å². The molecule has 0 aliphatic rings. The number of aliphatic carboxylic acids is 1. The lowest BCUT2D eigenvalue weighted by molar-refractivity contribution is -0.141. The van der Waals surface area contributed by atoms with Crippen LogP contribution < -0.4 is 5.32 Å². The molecule has 1 aromatic rings. The highest BCUT2D eigenvalue weighted by atomic mass is 16.4. The van der Waals surface area contributed by atoms with E-state index in [0.717, 1.165) is 12.0 Å². The van der Waals surface area contributed by atoms with Crippen LogP contribution >= 0.6 is 0 Å². The Morgan fingerprint density at radius 2 is 1.31 bits per heavy atom. The number of hydrogen-bond acceptors (Lipinski definition) is 2. The van der Waals surface area contributed by atoms with E-state index in [1.807, 2.05) is 60.7 Å². The number of carbonyl (C=O) groups excluding carboxylic acids is 1. The zero-order valence-corrected chi connectivity index (χ0v) is 21.3. The van der Waals surface area contributed by atoms with Gasteiger partial charge in [0, 0.05) is 12.5 Å². The standard InChI is InChI=1S/C31H43NO3/c1-2-3-4-5-6-7-8-9-10-11-12-13-14-15-16-17-18-19-23-26-30(33)32-29(31(34)35)27-28-24-21-20-22-25-28/h12-26,29H,2-11,27H2,1H3,(H,32,33)(H,34,35). The molecular weight excluding hydrogens is 434 g/mol. The van der Waals surface area contributed by atoms with E-state index in [2.05, 4.69) is 24.4 Å². The Bertz CT molecular complexity index is 834. The van der Waals surface area contributed by atoms with Crippen LogP contribution in [0.2, 0.25) is 0 Å². The number of unbranched alkanes of at least 4 members (excludes halogenated alkanes) is 9. The summed E-state index contributed by atoms with van der Waals surface area (Å²) in [6.07, 6.45) is 32.1. The Kier molecular flexibility index (Phi) is 18.3. The molecule has 0 fully saturated rings. The van der Waals surface area contributed by atoms with Crippen molar-refractivity contribution in [3.05, 3.63) is 96.7 Å². The van der Waals surface area contributed by atoms with E-state index in [1.54, 1.807) is 12.2 Å². The zero-order valence-electron chi connectivity index (χ0n) is 21.3. The molecule has 1 atom stereocenters. The van der Waals surface area contributed by atoms with Crippen molar-refractivity contribution in [1.82, 2.24) is 5.32 Å². The van der Waals surface area contributed by atoms with Gasteiger partial charge in [0.05, 0.1) is 0 Å². The van der Waals surface area contributed by atoms with Gasteiger partial charge in [-0.25, -0.2) is 4.79 Å². The van der Waals surface area contributed by atoms with Crippen molar-refractivity contribution >= 4 is 11.9 Å². The van der Waals surface area contributed by atoms with Gasteiger partial charge in [-0.15, -0.1) is 0 Å². The van der Waals surface area contributed by atoms with Crippen LogP contribution in [0.15, 0.2) is 91.1 Å². The molecule has 0 bridgehead atoms. The van der Waals surface area contributed by atoms with Gasteiger partial charge in [0.25, 0.3) is 0 Å². The summed E-state index contributed by atoms with van der Waals surface area (Å²) in [7, 11) is 0. The second kappa shape index (κ2) is 21.4. The molecule has 4 heteroatoms. The summed E-state index contributed by atoms with van der Waals surface area (Å²) in [5.41, 5.74) is 0.862. The monoisotopic (exact) mass is 477 g/mol. The number of rotatable bonds is 19. The Balaban J connectivity index is 2.15. The second-order valence-electron chi connectivity index (χ2n) is 8.65. The van der Waals surface area contributed by atoms with Crippen LogP contribution in [0.4, 0.5) is 0 Å². The molecule has 1 aromatic carbocycles. The molecule has 190 valence electrons. The number of allylic oxidation sites excluding steroid dienone is 9. The van der Waals surface area contributed by atoms with Crippen LogP contribution in [-0.2, 0) is 16.0 Å².